The first kappa shape index (κ1) is 17.8. The molecule has 4 N–H and O–H groups in total. The van der Waals surface area contributed by atoms with E-state index in [1.165, 1.54) is 24.8 Å². The highest BCUT2D eigenvalue weighted by Crippen LogP contribution is 2.17. The number of aliphatic hydroxyl groups is 1. The van der Waals surface area contributed by atoms with Crippen LogP contribution in [0.2, 0.25) is 0 Å². The van der Waals surface area contributed by atoms with Gasteiger partial charge in [-0.1, -0.05) is 6.07 Å². The van der Waals surface area contributed by atoms with Gasteiger partial charge >= 0.3 is 0 Å². The minimum Gasteiger partial charge on any atom is -0.383 e. The van der Waals surface area contributed by atoms with Gasteiger partial charge in [0.2, 0.25) is 0 Å². The lowest BCUT2D eigenvalue weighted by Gasteiger charge is -2.11. The molecule has 24 heavy (non-hydrogen) atoms. The number of anilines is 2. The molecular formula is C15H17N3O5S. The van der Waals surface area contributed by atoms with Crippen LogP contribution >= 0.6 is 11.8 Å². The molecule has 0 saturated heterocycles. The highest BCUT2D eigenvalue weighted by atomic mass is 32.2. The fraction of sp³-hybridized carbons (Fsp3) is 0.267. The number of aliphatic hydroxyl groups excluding tert-OH is 1. The van der Waals surface area contributed by atoms with Crippen LogP contribution in [0.15, 0.2) is 33.6 Å². The topological polar surface area (TPSA) is 124 Å². The van der Waals surface area contributed by atoms with Gasteiger partial charge in [-0.3, -0.25) is 14.4 Å². The van der Waals surface area contributed by atoms with E-state index in [0.717, 1.165) is 0 Å². The second-order valence-corrected chi connectivity index (χ2v) is 5.87. The molecule has 128 valence electrons. The molecule has 0 radical (unpaired) electrons. The van der Waals surface area contributed by atoms with Crippen molar-refractivity contribution in [3.63, 3.8) is 0 Å². The maximum Gasteiger partial charge on any atom is 0.293 e. The van der Waals surface area contributed by atoms with E-state index in [-0.39, 0.29) is 17.1 Å². The summed E-state index contributed by atoms with van der Waals surface area (Å²) in [6, 6.07) is 6.37. The number of hydrogen-bond donors (Lipinski definition) is 4. The molecule has 2 amide bonds. The van der Waals surface area contributed by atoms with Crippen LogP contribution in [0.25, 0.3) is 0 Å². The molecule has 0 spiro atoms. The summed E-state index contributed by atoms with van der Waals surface area (Å²) in [6.45, 7) is 1.50. The number of aryl methyl sites for hydroxylation is 1. The second kappa shape index (κ2) is 7.84. The molecule has 1 aromatic carbocycles. The fourth-order valence-electron chi connectivity index (χ4n) is 1.98. The van der Waals surface area contributed by atoms with Crippen molar-refractivity contribution >= 4 is 35.0 Å². The van der Waals surface area contributed by atoms with Crippen molar-refractivity contribution in [1.29, 1.82) is 0 Å². The fourth-order valence-corrected chi connectivity index (χ4v) is 2.44. The summed E-state index contributed by atoms with van der Waals surface area (Å²) in [5.41, 5.74) is 0.0717. The van der Waals surface area contributed by atoms with Crippen LogP contribution in [0.4, 0.5) is 11.4 Å². The van der Waals surface area contributed by atoms with Crippen LogP contribution in [-0.4, -0.2) is 40.2 Å². The number of aromatic nitrogens is 1. The van der Waals surface area contributed by atoms with Crippen LogP contribution < -0.4 is 16.2 Å². The minimum absolute atomic E-state index is 0.111. The third-order valence-corrected chi connectivity index (χ3v) is 3.77. The van der Waals surface area contributed by atoms with Crippen molar-refractivity contribution < 1.29 is 19.2 Å². The molecule has 1 unspecified atom stereocenters. The van der Waals surface area contributed by atoms with Gasteiger partial charge in [-0.05, 0) is 31.4 Å². The lowest BCUT2D eigenvalue weighted by Crippen LogP contribution is -2.29. The van der Waals surface area contributed by atoms with Crippen molar-refractivity contribution in [1.82, 2.24) is 5.16 Å². The zero-order valence-electron chi connectivity index (χ0n) is 13.1. The van der Waals surface area contributed by atoms with Crippen LogP contribution in [0, 0.1) is 6.92 Å². The van der Waals surface area contributed by atoms with Gasteiger partial charge in [0.1, 0.15) is 17.4 Å². The Kier molecular flexibility index (Phi) is 5.83. The highest BCUT2D eigenvalue weighted by molar-refractivity contribution is 7.98. The van der Waals surface area contributed by atoms with Gasteiger partial charge in [0.05, 0.1) is 0 Å². The average molecular weight is 351 g/mol. The first-order chi connectivity index (χ1) is 11.4. The van der Waals surface area contributed by atoms with Gasteiger partial charge in [-0.25, -0.2) is 0 Å². The number of carbonyl (C=O) groups is 2. The number of H-pyrrole nitrogens is 1. The van der Waals surface area contributed by atoms with Crippen LogP contribution in [0.3, 0.4) is 0 Å². The number of hydrogen-bond acceptors (Lipinski definition) is 6. The standard InChI is InChI=1S/C15H17N3O5S/c1-8-12(15(22)18-23-8)14(21)17-10-5-3-4-9(6-10)16-13(20)11(19)7-24-2/h3-6,11,19H,7H2,1-2H3,(H,16,20)(H,17,21)(H,18,22). The van der Waals surface area contributed by atoms with E-state index in [1.807, 2.05) is 0 Å². The van der Waals surface area contributed by atoms with Crippen LogP contribution in [0.1, 0.15) is 16.1 Å². The molecule has 1 atom stereocenters. The maximum atomic E-state index is 12.1. The summed E-state index contributed by atoms with van der Waals surface area (Å²) in [6.07, 6.45) is 0.664. The normalized spacial score (nSPS) is 11.8. The summed E-state index contributed by atoms with van der Waals surface area (Å²) < 4.78 is 4.79. The third-order valence-electron chi connectivity index (χ3n) is 3.12. The molecule has 0 bridgehead atoms. The van der Waals surface area contributed by atoms with Crippen molar-refractivity contribution in [2.75, 3.05) is 22.6 Å². The van der Waals surface area contributed by atoms with Gasteiger partial charge < -0.3 is 20.3 Å². The molecule has 0 aliphatic rings. The highest BCUT2D eigenvalue weighted by Gasteiger charge is 2.18. The predicted octanol–water partition coefficient (Wildman–Crippen LogP) is 1.19. The summed E-state index contributed by atoms with van der Waals surface area (Å²) >= 11 is 1.35. The predicted molar refractivity (Wildman–Crippen MR) is 91.5 cm³/mol. The number of aromatic amines is 1. The zero-order valence-corrected chi connectivity index (χ0v) is 13.9. The van der Waals surface area contributed by atoms with Crippen molar-refractivity contribution in [2.24, 2.45) is 0 Å². The Labute approximate surface area is 141 Å². The van der Waals surface area contributed by atoms with Crippen LogP contribution in [-0.2, 0) is 4.79 Å². The molecule has 2 aromatic rings. The largest absolute Gasteiger partial charge is 0.383 e. The van der Waals surface area contributed by atoms with E-state index in [0.29, 0.717) is 11.4 Å². The minimum atomic E-state index is -1.12. The molecule has 0 aliphatic heterocycles. The Morgan fingerprint density at radius 2 is 2.00 bits per heavy atom. The number of carbonyl (C=O) groups excluding carboxylic acids is 2. The number of nitrogens with one attached hydrogen (secondary N) is 3. The Balaban J connectivity index is 2.09. The van der Waals surface area contributed by atoms with Crippen molar-refractivity contribution in [3.05, 3.63) is 45.9 Å². The third kappa shape index (κ3) is 4.27. The lowest BCUT2D eigenvalue weighted by atomic mass is 10.2. The smallest absolute Gasteiger partial charge is 0.293 e. The van der Waals surface area contributed by atoms with Gasteiger partial charge in [0.15, 0.2) is 0 Å². The van der Waals surface area contributed by atoms with Crippen LogP contribution in [0.5, 0.6) is 0 Å². The Hall–Kier alpha value is -2.52. The van der Waals surface area contributed by atoms with Gasteiger partial charge in [0.25, 0.3) is 17.4 Å². The monoisotopic (exact) mass is 351 g/mol. The summed E-state index contributed by atoms with van der Waals surface area (Å²) in [5.74, 6) is -0.685. The van der Waals surface area contributed by atoms with Gasteiger partial charge in [0, 0.05) is 17.1 Å². The molecule has 0 aliphatic carbocycles. The zero-order chi connectivity index (χ0) is 17.7. The SMILES string of the molecule is CSCC(O)C(=O)Nc1cccc(NC(=O)c2c(C)o[nH]c2=O)c1. The molecule has 1 heterocycles. The number of benzene rings is 1. The molecule has 0 saturated carbocycles. The molecule has 2 rings (SSSR count). The summed E-state index contributed by atoms with van der Waals surface area (Å²) in [7, 11) is 0. The number of rotatable bonds is 6. The van der Waals surface area contributed by atoms with Gasteiger partial charge in [-0.15, -0.1) is 0 Å². The molecule has 9 heteroatoms. The van der Waals surface area contributed by atoms with E-state index in [1.54, 1.807) is 24.5 Å². The van der Waals surface area contributed by atoms with E-state index in [9.17, 15) is 19.5 Å². The molecule has 8 nitrogen and oxygen atoms in total. The molecule has 1 aromatic heterocycles. The molecule has 0 fully saturated rings. The van der Waals surface area contributed by atoms with E-state index in [2.05, 4.69) is 15.8 Å². The van der Waals surface area contributed by atoms with Gasteiger partial charge in [-0.2, -0.15) is 16.9 Å². The summed E-state index contributed by atoms with van der Waals surface area (Å²) in [5, 5.41) is 16.8. The number of thioether (sulfide) groups is 1. The Morgan fingerprint density at radius 3 is 2.58 bits per heavy atom. The van der Waals surface area contributed by atoms with E-state index >= 15 is 0 Å². The lowest BCUT2D eigenvalue weighted by molar-refractivity contribution is -0.122. The number of amides is 2. The van der Waals surface area contributed by atoms with E-state index < -0.39 is 23.5 Å². The summed E-state index contributed by atoms with van der Waals surface area (Å²) in [4.78, 5) is 35.4. The van der Waals surface area contributed by atoms with E-state index in [4.69, 9.17) is 4.52 Å². The van der Waals surface area contributed by atoms with Crippen molar-refractivity contribution in [3.8, 4) is 0 Å². The Bertz CT molecular complexity index is 798. The first-order valence-corrected chi connectivity index (χ1v) is 8.39. The molecular weight excluding hydrogens is 334 g/mol. The van der Waals surface area contributed by atoms with Crippen molar-refractivity contribution in [2.45, 2.75) is 13.0 Å². The average Bonchev–Trinajstić information content (AvgIpc) is 2.86. The Morgan fingerprint density at radius 1 is 1.33 bits per heavy atom. The second-order valence-electron chi connectivity index (χ2n) is 4.96. The first-order valence-electron chi connectivity index (χ1n) is 6.99. The quantitative estimate of drug-likeness (QED) is 0.620. The maximum absolute atomic E-state index is 12.1.